The molecule has 0 spiro atoms. The Morgan fingerprint density at radius 2 is 1.90 bits per heavy atom. The van der Waals surface area contributed by atoms with Crippen LogP contribution < -0.4 is 27.0 Å². The minimum atomic E-state index is -0.573. The smallest absolute Gasteiger partial charge is 0.259 e. The second-order valence-corrected chi connectivity index (χ2v) is 8.78. The number of hydrogen-bond acceptors (Lipinski definition) is 7. The van der Waals surface area contributed by atoms with Crippen LogP contribution in [0.1, 0.15) is 45.5 Å². The van der Waals surface area contributed by atoms with Crippen molar-refractivity contribution in [2.24, 2.45) is 18.7 Å². The minimum Gasteiger partial charge on any atom is -0.353 e. The number of aromatic nitrogens is 3. The Morgan fingerprint density at radius 1 is 1.23 bits per heavy atom. The number of fused-ring (bicyclic) bond motifs is 1. The highest BCUT2D eigenvalue weighted by Gasteiger charge is 2.30. The molecule has 4 heterocycles. The molecule has 1 saturated heterocycles. The van der Waals surface area contributed by atoms with E-state index in [1.807, 2.05) is 35.8 Å². The zero-order valence-electron chi connectivity index (χ0n) is 18.8. The lowest BCUT2D eigenvalue weighted by Crippen LogP contribution is -2.48. The van der Waals surface area contributed by atoms with E-state index in [1.54, 1.807) is 11.5 Å². The Labute approximate surface area is 182 Å². The van der Waals surface area contributed by atoms with Crippen LogP contribution in [0.25, 0.3) is 11.3 Å². The fourth-order valence-electron chi connectivity index (χ4n) is 4.25. The van der Waals surface area contributed by atoms with Crippen molar-refractivity contribution in [2.45, 2.75) is 39.9 Å². The fourth-order valence-corrected chi connectivity index (χ4v) is 4.25. The third-order valence-corrected chi connectivity index (χ3v) is 6.52. The summed E-state index contributed by atoms with van der Waals surface area (Å²) < 4.78 is 3.63. The van der Waals surface area contributed by atoms with Crippen LogP contribution in [0.2, 0.25) is 0 Å². The number of pyridine rings is 1. The Bertz CT molecular complexity index is 1050. The van der Waals surface area contributed by atoms with Gasteiger partial charge in [-0.15, -0.1) is 0 Å². The predicted octanol–water partition coefficient (Wildman–Crippen LogP) is 1.02. The zero-order valence-corrected chi connectivity index (χ0v) is 18.8. The summed E-state index contributed by atoms with van der Waals surface area (Å²) in [7, 11) is 1.92. The van der Waals surface area contributed by atoms with E-state index in [1.165, 1.54) is 0 Å². The SMILES string of the molecule is CC(=O)N1CCN(c2cc(-c3cn([C@@H](C)C(C)C)c(=O)c4c3NNC4N)nn2C)CC1. The fraction of sp³-hybridized carbons (Fsp3) is 0.571. The number of anilines is 2. The molecule has 4 N–H and O–H groups in total. The number of carbonyl (C=O) groups is 1. The number of nitrogens with two attached hydrogens (primary N) is 1. The molecule has 0 saturated carbocycles. The van der Waals surface area contributed by atoms with E-state index in [9.17, 15) is 9.59 Å². The second-order valence-electron chi connectivity index (χ2n) is 8.78. The van der Waals surface area contributed by atoms with Crippen molar-refractivity contribution in [3.8, 4) is 11.3 Å². The van der Waals surface area contributed by atoms with Gasteiger partial charge in [-0.2, -0.15) is 5.10 Å². The summed E-state index contributed by atoms with van der Waals surface area (Å²) in [4.78, 5) is 28.9. The monoisotopic (exact) mass is 428 g/mol. The molecule has 10 heteroatoms. The van der Waals surface area contributed by atoms with Gasteiger partial charge < -0.3 is 25.5 Å². The number of amides is 1. The topological polar surface area (TPSA) is 113 Å². The maximum atomic E-state index is 13.1. The third kappa shape index (κ3) is 3.70. The summed E-state index contributed by atoms with van der Waals surface area (Å²) in [5, 5.41) is 4.76. The van der Waals surface area contributed by atoms with Crippen LogP contribution in [0.5, 0.6) is 0 Å². The van der Waals surface area contributed by atoms with Gasteiger partial charge in [0.2, 0.25) is 5.91 Å². The number of carbonyl (C=O) groups excluding carboxylic acids is 1. The van der Waals surface area contributed by atoms with Gasteiger partial charge in [-0.1, -0.05) is 13.8 Å². The summed E-state index contributed by atoms with van der Waals surface area (Å²) >= 11 is 0. The van der Waals surface area contributed by atoms with E-state index >= 15 is 0 Å². The van der Waals surface area contributed by atoms with Crippen LogP contribution in [-0.4, -0.2) is 51.3 Å². The normalized spacial score (nSPS) is 19.5. The van der Waals surface area contributed by atoms with Gasteiger partial charge in [-0.25, -0.2) is 5.43 Å². The first-order valence-corrected chi connectivity index (χ1v) is 10.8. The van der Waals surface area contributed by atoms with Crippen LogP contribution in [-0.2, 0) is 11.8 Å². The number of rotatable bonds is 4. The third-order valence-electron chi connectivity index (χ3n) is 6.52. The number of piperazine rings is 1. The van der Waals surface area contributed by atoms with E-state index in [4.69, 9.17) is 10.8 Å². The molecule has 1 unspecified atom stereocenters. The van der Waals surface area contributed by atoms with Crippen molar-refractivity contribution in [2.75, 3.05) is 36.5 Å². The average Bonchev–Trinajstić information content (AvgIpc) is 3.31. The van der Waals surface area contributed by atoms with E-state index in [0.717, 1.165) is 30.2 Å². The lowest BCUT2D eigenvalue weighted by molar-refractivity contribution is -0.129. The molecule has 31 heavy (non-hydrogen) atoms. The van der Waals surface area contributed by atoms with Crippen molar-refractivity contribution in [3.05, 3.63) is 28.2 Å². The molecule has 2 aliphatic rings. The Kier molecular flexibility index (Phi) is 5.52. The number of nitrogens with one attached hydrogen (secondary N) is 2. The molecule has 168 valence electrons. The molecule has 0 bridgehead atoms. The molecular formula is C21H32N8O2. The molecule has 1 amide bonds. The van der Waals surface area contributed by atoms with Gasteiger partial charge in [0, 0.05) is 64.0 Å². The van der Waals surface area contributed by atoms with Gasteiger partial charge >= 0.3 is 0 Å². The first-order valence-electron chi connectivity index (χ1n) is 10.8. The van der Waals surface area contributed by atoms with Crippen molar-refractivity contribution in [3.63, 3.8) is 0 Å². The first kappa shape index (κ1) is 21.4. The van der Waals surface area contributed by atoms with E-state index < -0.39 is 6.17 Å². The largest absolute Gasteiger partial charge is 0.353 e. The van der Waals surface area contributed by atoms with Crippen LogP contribution in [0.4, 0.5) is 11.5 Å². The molecule has 0 aliphatic carbocycles. The molecular weight excluding hydrogens is 396 g/mol. The van der Waals surface area contributed by atoms with Crippen molar-refractivity contribution >= 4 is 17.4 Å². The predicted molar refractivity (Wildman–Crippen MR) is 121 cm³/mol. The second kappa shape index (κ2) is 8.01. The van der Waals surface area contributed by atoms with Crippen molar-refractivity contribution in [1.82, 2.24) is 24.7 Å². The Morgan fingerprint density at radius 3 is 2.52 bits per heavy atom. The van der Waals surface area contributed by atoms with Crippen LogP contribution in [0.3, 0.4) is 0 Å². The molecule has 2 aliphatic heterocycles. The Balaban J connectivity index is 1.74. The highest BCUT2D eigenvalue weighted by Crippen LogP contribution is 2.36. The molecule has 10 nitrogen and oxygen atoms in total. The molecule has 0 aromatic carbocycles. The summed E-state index contributed by atoms with van der Waals surface area (Å²) in [6.45, 7) is 10.8. The van der Waals surface area contributed by atoms with Crippen LogP contribution >= 0.6 is 0 Å². The first-order chi connectivity index (χ1) is 14.7. The lowest BCUT2D eigenvalue weighted by Gasteiger charge is -2.35. The standard InChI is InChI=1S/C21H32N8O2/c1-12(2)13(3)29-11-15(19-18(21(29)31)20(22)24-23-19)16-10-17(26(5)25-16)28-8-6-27(7-9-28)14(4)30/h10-13,20,23-24H,6-9,22H2,1-5H3/t13-,20?/m0/s1. The van der Waals surface area contributed by atoms with E-state index in [0.29, 0.717) is 30.3 Å². The van der Waals surface area contributed by atoms with E-state index in [-0.39, 0.29) is 17.5 Å². The van der Waals surface area contributed by atoms with Gasteiger partial charge in [0.15, 0.2) is 0 Å². The summed E-state index contributed by atoms with van der Waals surface area (Å²) in [6.07, 6.45) is 1.31. The molecule has 2 aromatic rings. The Hall–Kier alpha value is -2.85. The zero-order chi connectivity index (χ0) is 22.4. The van der Waals surface area contributed by atoms with Crippen molar-refractivity contribution < 1.29 is 4.79 Å². The van der Waals surface area contributed by atoms with Crippen molar-refractivity contribution in [1.29, 1.82) is 0 Å². The number of nitrogens with zero attached hydrogens (tertiary/aromatic N) is 5. The average molecular weight is 429 g/mol. The maximum absolute atomic E-state index is 13.1. The minimum absolute atomic E-state index is 0.0205. The van der Waals surface area contributed by atoms with E-state index in [2.05, 4.69) is 29.6 Å². The van der Waals surface area contributed by atoms with Gasteiger partial charge in [0.25, 0.3) is 5.56 Å². The van der Waals surface area contributed by atoms with Gasteiger partial charge in [0.1, 0.15) is 12.0 Å². The molecule has 0 radical (unpaired) electrons. The summed E-state index contributed by atoms with van der Waals surface area (Å²) in [5.41, 5.74) is 15.0. The summed E-state index contributed by atoms with van der Waals surface area (Å²) in [6, 6.07) is 2.06. The van der Waals surface area contributed by atoms with Crippen LogP contribution in [0.15, 0.2) is 17.1 Å². The van der Waals surface area contributed by atoms with Crippen LogP contribution in [0, 0.1) is 5.92 Å². The van der Waals surface area contributed by atoms with Gasteiger partial charge in [-0.05, 0) is 12.8 Å². The number of aryl methyl sites for hydroxylation is 1. The van der Waals surface area contributed by atoms with Gasteiger partial charge in [0.05, 0.1) is 16.9 Å². The highest BCUT2D eigenvalue weighted by molar-refractivity contribution is 5.80. The quantitative estimate of drug-likeness (QED) is 0.666. The number of hydrazine groups is 1. The maximum Gasteiger partial charge on any atom is 0.259 e. The molecule has 4 rings (SSSR count). The number of hydrogen-bond donors (Lipinski definition) is 3. The summed E-state index contributed by atoms with van der Waals surface area (Å²) in [5.74, 6) is 1.38. The molecule has 1 fully saturated rings. The highest BCUT2D eigenvalue weighted by atomic mass is 16.2. The lowest BCUT2D eigenvalue weighted by atomic mass is 10.0. The molecule has 2 aromatic heterocycles. The molecule has 2 atom stereocenters. The van der Waals surface area contributed by atoms with Gasteiger partial charge in [-0.3, -0.25) is 14.3 Å².